The number of nitrogens with zero attached hydrogens (tertiary/aromatic N) is 2. The molecule has 1 heterocycles. The summed E-state index contributed by atoms with van der Waals surface area (Å²) in [4.78, 5) is 36.9. The molecular formula is C11H19N3O5. The standard InChI is InChI=1S/C11H19N3O5/c1-2-13-3-5-14(6-4-13)11(19)12-8(10(17)18)7-9(15)16/h8H,2-7H2,1H3,(H,12,19)(H,15,16)(H,17,18)/t8-/m0/s1. The maximum Gasteiger partial charge on any atom is 0.326 e. The van der Waals surface area contributed by atoms with Crippen LogP contribution in [0.15, 0.2) is 0 Å². The van der Waals surface area contributed by atoms with Crippen LogP contribution in [0.3, 0.4) is 0 Å². The summed E-state index contributed by atoms with van der Waals surface area (Å²) in [6.07, 6.45) is -0.629. The minimum Gasteiger partial charge on any atom is -0.481 e. The van der Waals surface area contributed by atoms with Gasteiger partial charge in [0.05, 0.1) is 6.42 Å². The lowest BCUT2D eigenvalue weighted by atomic mass is 10.2. The third kappa shape index (κ3) is 4.74. The lowest BCUT2D eigenvalue weighted by Gasteiger charge is -2.34. The number of nitrogens with one attached hydrogen (secondary N) is 1. The molecule has 1 fully saturated rings. The Kier molecular flexibility index (Phi) is 5.56. The summed E-state index contributed by atoms with van der Waals surface area (Å²) in [5.74, 6) is -2.61. The number of amides is 2. The van der Waals surface area contributed by atoms with Crippen LogP contribution in [0.5, 0.6) is 0 Å². The highest BCUT2D eigenvalue weighted by atomic mass is 16.4. The highest BCUT2D eigenvalue weighted by molar-refractivity contribution is 5.86. The Morgan fingerprint density at radius 1 is 1.16 bits per heavy atom. The van der Waals surface area contributed by atoms with Crippen molar-refractivity contribution in [2.75, 3.05) is 32.7 Å². The van der Waals surface area contributed by atoms with Crippen LogP contribution in [0.2, 0.25) is 0 Å². The average molecular weight is 273 g/mol. The van der Waals surface area contributed by atoms with Crippen molar-refractivity contribution in [2.24, 2.45) is 0 Å². The van der Waals surface area contributed by atoms with Gasteiger partial charge in [-0.2, -0.15) is 0 Å². The smallest absolute Gasteiger partial charge is 0.326 e. The molecule has 1 aliphatic heterocycles. The molecule has 0 bridgehead atoms. The fourth-order valence-electron chi connectivity index (χ4n) is 1.88. The Balaban J connectivity index is 2.48. The summed E-state index contributed by atoms with van der Waals surface area (Å²) in [6, 6.07) is -1.92. The van der Waals surface area contributed by atoms with E-state index in [4.69, 9.17) is 10.2 Å². The van der Waals surface area contributed by atoms with Crippen LogP contribution in [0, 0.1) is 0 Å². The van der Waals surface area contributed by atoms with E-state index < -0.39 is 30.4 Å². The van der Waals surface area contributed by atoms with E-state index in [9.17, 15) is 14.4 Å². The van der Waals surface area contributed by atoms with Gasteiger partial charge in [0, 0.05) is 26.2 Å². The lowest BCUT2D eigenvalue weighted by molar-refractivity contribution is -0.145. The maximum absolute atomic E-state index is 11.8. The molecule has 0 spiro atoms. The molecule has 19 heavy (non-hydrogen) atoms. The van der Waals surface area contributed by atoms with E-state index >= 15 is 0 Å². The molecule has 0 aliphatic carbocycles. The van der Waals surface area contributed by atoms with Crippen molar-refractivity contribution in [3.63, 3.8) is 0 Å². The molecule has 1 rings (SSSR count). The number of carbonyl (C=O) groups is 3. The second-order valence-electron chi connectivity index (χ2n) is 4.36. The van der Waals surface area contributed by atoms with E-state index in [1.807, 2.05) is 6.92 Å². The largest absolute Gasteiger partial charge is 0.481 e. The van der Waals surface area contributed by atoms with Crippen molar-refractivity contribution in [1.82, 2.24) is 15.1 Å². The van der Waals surface area contributed by atoms with Crippen molar-refractivity contribution in [2.45, 2.75) is 19.4 Å². The number of urea groups is 1. The van der Waals surface area contributed by atoms with Gasteiger partial charge in [0.2, 0.25) is 0 Å². The van der Waals surface area contributed by atoms with Crippen molar-refractivity contribution >= 4 is 18.0 Å². The lowest BCUT2D eigenvalue weighted by Crippen LogP contribution is -2.54. The summed E-state index contributed by atoms with van der Waals surface area (Å²) < 4.78 is 0. The molecular weight excluding hydrogens is 254 g/mol. The molecule has 108 valence electrons. The number of hydrogen-bond acceptors (Lipinski definition) is 4. The number of carboxylic acids is 2. The summed E-state index contributed by atoms with van der Waals surface area (Å²) >= 11 is 0. The second kappa shape index (κ2) is 6.93. The van der Waals surface area contributed by atoms with Gasteiger partial charge in [0.25, 0.3) is 0 Å². The number of hydrogen-bond donors (Lipinski definition) is 3. The molecule has 2 amide bonds. The maximum atomic E-state index is 11.8. The number of carbonyl (C=O) groups excluding carboxylic acids is 1. The van der Waals surface area contributed by atoms with Gasteiger partial charge in [-0.25, -0.2) is 9.59 Å². The van der Waals surface area contributed by atoms with Gasteiger partial charge in [0.1, 0.15) is 6.04 Å². The van der Waals surface area contributed by atoms with Crippen LogP contribution in [-0.2, 0) is 9.59 Å². The van der Waals surface area contributed by atoms with Crippen LogP contribution < -0.4 is 5.32 Å². The molecule has 0 radical (unpaired) electrons. The Morgan fingerprint density at radius 3 is 2.16 bits per heavy atom. The van der Waals surface area contributed by atoms with E-state index in [0.29, 0.717) is 13.1 Å². The first kappa shape index (κ1) is 15.2. The molecule has 0 aromatic rings. The zero-order valence-electron chi connectivity index (χ0n) is 10.8. The van der Waals surface area contributed by atoms with Crippen molar-refractivity contribution in [1.29, 1.82) is 0 Å². The third-order valence-corrected chi connectivity index (χ3v) is 3.08. The van der Waals surface area contributed by atoms with Gasteiger partial charge in [-0.1, -0.05) is 6.92 Å². The van der Waals surface area contributed by atoms with E-state index in [-0.39, 0.29) is 0 Å². The monoisotopic (exact) mass is 273 g/mol. The average Bonchev–Trinajstić information content (AvgIpc) is 2.37. The predicted molar refractivity (Wildman–Crippen MR) is 65.9 cm³/mol. The first-order chi connectivity index (χ1) is 8.93. The molecule has 0 aromatic carbocycles. The molecule has 8 heteroatoms. The number of piperazine rings is 1. The van der Waals surface area contributed by atoms with Crippen LogP contribution in [0.1, 0.15) is 13.3 Å². The zero-order valence-corrected chi connectivity index (χ0v) is 10.8. The normalized spacial score (nSPS) is 17.8. The van der Waals surface area contributed by atoms with Crippen LogP contribution in [0.4, 0.5) is 4.79 Å². The van der Waals surface area contributed by atoms with E-state index in [0.717, 1.165) is 19.6 Å². The second-order valence-corrected chi connectivity index (χ2v) is 4.36. The topological polar surface area (TPSA) is 110 Å². The molecule has 1 atom stereocenters. The van der Waals surface area contributed by atoms with Gasteiger partial charge >= 0.3 is 18.0 Å². The van der Waals surface area contributed by atoms with Gasteiger partial charge in [-0.15, -0.1) is 0 Å². The quantitative estimate of drug-likeness (QED) is 0.608. The fourth-order valence-corrected chi connectivity index (χ4v) is 1.88. The summed E-state index contributed by atoms with van der Waals surface area (Å²) in [5, 5.41) is 19.7. The van der Waals surface area contributed by atoms with Crippen LogP contribution in [-0.4, -0.2) is 76.7 Å². The van der Waals surface area contributed by atoms with Crippen LogP contribution in [0.25, 0.3) is 0 Å². The molecule has 0 unspecified atom stereocenters. The van der Waals surface area contributed by atoms with Gasteiger partial charge in [0.15, 0.2) is 0 Å². The van der Waals surface area contributed by atoms with Gasteiger partial charge in [-0.3, -0.25) is 4.79 Å². The van der Waals surface area contributed by atoms with Crippen molar-refractivity contribution in [3.8, 4) is 0 Å². The predicted octanol–water partition coefficient (Wildman–Crippen LogP) is -0.739. The Hall–Kier alpha value is -1.83. The molecule has 1 saturated heterocycles. The number of rotatable bonds is 5. The molecule has 1 aliphatic rings. The molecule has 0 aromatic heterocycles. The first-order valence-corrected chi connectivity index (χ1v) is 6.16. The van der Waals surface area contributed by atoms with E-state index in [2.05, 4.69) is 10.2 Å². The molecule has 0 saturated carbocycles. The van der Waals surface area contributed by atoms with Crippen molar-refractivity contribution in [3.05, 3.63) is 0 Å². The van der Waals surface area contributed by atoms with Gasteiger partial charge in [-0.05, 0) is 6.54 Å². The first-order valence-electron chi connectivity index (χ1n) is 6.16. The highest BCUT2D eigenvalue weighted by Gasteiger charge is 2.27. The molecule has 3 N–H and O–H groups in total. The summed E-state index contributed by atoms with van der Waals surface area (Å²) in [7, 11) is 0. The summed E-state index contributed by atoms with van der Waals surface area (Å²) in [6.45, 7) is 5.44. The minimum absolute atomic E-state index is 0.513. The number of aliphatic carboxylic acids is 2. The third-order valence-electron chi connectivity index (χ3n) is 3.08. The minimum atomic E-state index is -1.39. The molecule has 8 nitrogen and oxygen atoms in total. The SMILES string of the molecule is CCN1CCN(C(=O)N[C@@H](CC(=O)O)C(=O)O)CC1. The van der Waals surface area contributed by atoms with Gasteiger partial charge < -0.3 is 25.3 Å². The van der Waals surface area contributed by atoms with E-state index in [1.54, 1.807) is 0 Å². The summed E-state index contributed by atoms with van der Waals surface area (Å²) in [5.41, 5.74) is 0. The van der Waals surface area contributed by atoms with Crippen molar-refractivity contribution < 1.29 is 24.6 Å². The van der Waals surface area contributed by atoms with Crippen LogP contribution >= 0.6 is 0 Å². The number of likely N-dealkylation sites (N-methyl/N-ethyl adjacent to an activating group) is 1. The fraction of sp³-hybridized carbons (Fsp3) is 0.727. The zero-order chi connectivity index (χ0) is 14.4. The highest BCUT2D eigenvalue weighted by Crippen LogP contribution is 2.03. The Morgan fingerprint density at radius 2 is 1.74 bits per heavy atom. The Labute approximate surface area is 111 Å². The number of carboxylic acid groups (broad SMARTS) is 2. The Bertz CT molecular complexity index is 352. The van der Waals surface area contributed by atoms with E-state index in [1.165, 1.54) is 4.90 Å².